The van der Waals surface area contributed by atoms with Crippen molar-refractivity contribution in [1.82, 2.24) is 9.80 Å². The molecule has 0 aromatic heterocycles. The predicted molar refractivity (Wildman–Crippen MR) is 108 cm³/mol. The van der Waals surface area contributed by atoms with E-state index in [0.29, 0.717) is 30.9 Å². The third kappa shape index (κ3) is 6.17. The molecule has 1 aromatic rings. The maximum atomic E-state index is 12.8. The van der Waals surface area contributed by atoms with Gasteiger partial charge in [-0.15, -0.1) is 0 Å². The van der Waals surface area contributed by atoms with E-state index in [2.05, 4.69) is 11.0 Å². The normalized spacial score (nSPS) is 24.7. The van der Waals surface area contributed by atoms with E-state index in [9.17, 15) is 9.90 Å². The van der Waals surface area contributed by atoms with Crippen molar-refractivity contribution in [3.05, 3.63) is 29.8 Å². The first-order chi connectivity index (χ1) is 13.9. The zero-order valence-electron chi connectivity index (χ0n) is 17.3. The van der Waals surface area contributed by atoms with Crippen LogP contribution in [0.15, 0.2) is 24.3 Å². The van der Waals surface area contributed by atoms with Crippen LogP contribution >= 0.6 is 0 Å². The lowest BCUT2D eigenvalue weighted by Gasteiger charge is -2.39. The van der Waals surface area contributed by atoms with E-state index in [0.717, 1.165) is 25.9 Å². The lowest BCUT2D eigenvalue weighted by atomic mass is 9.94. The van der Waals surface area contributed by atoms with E-state index < -0.39 is 6.10 Å². The van der Waals surface area contributed by atoms with Crippen LogP contribution in [0.25, 0.3) is 0 Å². The number of benzene rings is 1. The van der Waals surface area contributed by atoms with E-state index in [1.54, 1.807) is 24.3 Å². The van der Waals surface area contributed by atoms with Crippen molar-refractivity contribution in [3.63, 3.8) is 0 Å². The Morgan fingerprint density at radius 1 is 1.24 bits per heavy atom. The summed E-state index contributed by atoms with van der Waals surface area (Å²) in [4.78, 5) is 17.0. The van der Waals surface area contributed by atoms with Crippen LogP contribution in [0.4, 0.5) is 0 Å². The van der Waals surface area contributed by atoms with Crippen LogP contribution in [0.5, 0.6) is 5.75 Å². The smallest absolute Gasteiger partial charge is 0.225 e. The van der Waals surface area contributed by atoms with Gasteiger partial charge in [-0.1, -0.05) is 0 Å². The number of aliphatic hydroxyl groups is 1. The number of likely N-dealkylation sites (tertiary alicyclic amines) is 1. The molecule has 7 nitrogen and oxygen atoms in total. The summed E-state index contributed by atoms with van der Waals surface area (Å²) in [5.74, 6) is 0.952. The third-order valence-electron chi connectivity index (χ3n) is 5.56. The number of nitriles is 1. The highest BCUT2D eigenvalue weighted by Crippen LogP contribution is 2.22. The van der Waals surface area contributed by atoms with Crippen LogP contribution < -0.4 is 4.74 Å². The van der Waals surface area contributed by atoms with Gasteiger partial charge in [0.25, 0.3) is 0 Å². The molecule has 0 bridgehead atoms. The highest BCUT2D eigenvalue weighted by Gasteiger charge is 2.32. The molecule has 2 heterocycles. The van der Waals surface area contributed by atoms with Crippen LogP contribution in [0.3, 0.4) is 0 Å². The lowest BCUT2D eigenvalue weighted by Crippen LogP contribution is -2.51. The standard InChI is InChI=1S/C22H31N3O4/c1-16-12-25(13-17(2)29-16)22(27)19-7-9-24(10-8-19)14-20(26)15-28-21-5-3-18(11-23)4-6-21/h3-6,16-17,19-20,26H,7-10,12-15H2,1-2H3. The SMILES string of the molecule is CC1CN(C(=O)C2CCN(CC(O)COc3ccc(C#N)cc3)CC2)CC(C)O1. The fourth-order valence-electron chi connectivity index (χ4n) is 4.15. The summed E-state index contributed by atoms with van der Waals surface area (Å²) in [5, 5.41) is 19.1. The van der Waals surface area contributed by atoms with E-state index in [-0.39, 0.29) is 30.6 Å². The Bertz CT molecular complexity index is 700. The Hall–Kier alpha value is -2.14. The highest BCUT2D eigenvalue weighted by atomic mass is 16.5. The fourth-order valence-corrected chi connectivity index (χ4v) is 4.15. The summed E-state index contributed by atoms with van der Waals surface area (Å²) >= 11 is 0. The predicted octanol–water partition coefficient (Wildman–Crippen LogP) is 1.65. The summed E-state index contributed by atoms with van der Waals surface area (Å²) in [5.41, 5.74) is 0.580. The van der Waals surface area contributed by atoms with E-state index in [4.69, 9.17) is 14.7 Å². The van der Waals surface area contributed by atoms with Crippen LogP contribution in [0.2, 0.25) is 0 Å². The van der Waals surface area contributed by atoms with Gasteiger partial charge in [-0.3, -0.25) is 4.79 Å². The second kappa shape index (κ2) is 10.1. The van der Waals surface area contributed by atoms with Crippen LogP contribution in [-0.2, 0) is 9.53 Å². The lowest BCUT2D eigenvalue weighted by molar-refractivity contribution is -0.149. The molecule has 2 fully saturated rings. The number of rotatable bonds is 6. The molecule has 29 heavy (non-hydrogen) atoms. The van der Waals surface area contributed by atoms with Crippen molar-refractivity contribution < 1.29 is 19.4 Å². The molecule has 0 aliphatic carbocycles. The molecule has 1 aromatic carbocycles. The molecule has 3 unspecified atom stereocenters. The summed E-state index contributed by atoms with van der Waals surface area (Å²) in [6, 6.07) is 8.92. The van der Waals surface area contributed by atoms with Gasteiger partial charge in [-0.25, -0.2) is 0 Å². The van der Waals surface area contributed by atoms with Crippen molar-refractivity contribution in [2.24, 2.45) is 5.92 Å². The minimum absolute atomic E-state index is 0.0655. The average Bonchev–Trinajstić information content (AvgIpc) is 2.72. The van der Waals surface area contributed by atoms with Gasteiger partial charge in [0, 0.05) is 25.6 Å². The third-order valence-corrected chi connectivity index (χ3v) is 5.56. The highest BCUT2D eigenvalue weighted by molar-refractivity contribution is 5.79. The van der Waals surface area contributed by atoms with Gasteiger partial charge >= 0.3 is 0 Å². The molecule has 2 aliphatic heterocycles. The second-order valence-corrected chi connectivity index (χ2v) is 8.18. The second-order valence-electron chi connectivity index (χ2n) is 8.18. The van der Waals surface area contributed by atoms with Crippen molar-refractivity contribution in [2.45, 2.75) is 45.0 Å². The number of hydrogen-bond donors (Lipinski definition) is 1. The van der Waals surface area contributed by atoms with Gasteiger partial charge in [0.2, 0.25) is 5.91 Å². The first kappa shape index (κ1) is 21.6. The number of hydrogen-bond acceptors (Lipinski definition) is 6. The summed E-state index contributed by atoms with van der Waals surface area (Å²) < 4.78 is 11.3. The molecule has 0 radical (unpaired) electrons. The molecule has 7 heteroatoms. The summed E-state index contributed by atoms with van der Waals surface area (Å²) in [7, 11) is 0. The Labute approximate surface area is 172 Å². The molecule has 1 N–H and O–H groups in total. The van der Waals surface area contributed by atoms with Gasteiger partial charge in [-0.05, 0) is 64.0 Å². The Balaban J connectivity index is 1.38. The van der Waals surface area contributed by atoms with E-state index in [1.165, 1.54) is 0 Å². The number of amides is 1. The van der Waals surface area contributed by atoms with Gasteiger partial charge in [0.15, 0.2) is 0 Å². The quantitative estimate of drug-likeness (QED) is 0.780. The zero-order valence-corrected chi connectivity index (χ0v) is 17.3. The molecule has 2 saturated heterocycles. The fraction of sp³-hybridized carbons (Fsp3) is 0.636. The van der Waals surface area contributed by atoms with Gasteiger partial charge in [-0.2, -0.15) is 5.26 Å². The number of β-amino-alcohol motifs (C(OH)–C–C–N with tert-alkyl or cyclic N) is 1. The zero-order chi connectivity index (χ0) is 20.8. The molecule has 1 amide bonds. The minimum atomic E-state index is -0.598. The Morgan fingerprint density at radius 3 is 2.45 bits per heavy atom. The molecular formula is C22H31N3O4. The van der Waals surface area contributed by atoms with E-state index >= 15 is 0 Å². The molecular weight excluding hydrogens is 370 g/mol. The number of morpholine rings is 1. The number of nitrogens with zero attached hydrogens (tertiary/aromatic N) is 3. The van der Waals surface area contributed by atoms with Crippen molar-refractivity contribution >= 4 is 5.91 Å². The number of ether oxygens (including phenoxy) is 2. The monoisotopic (exact) mass is 401 g/mol. The van der Waals surface area contributed by atoms with Gasteiger partial charge in [0.1, 0.15) is 18.5 Å². The number of carbonyl (C=O) groups is 1. The number of aliphatic hydroxyl groups excluding tert-OH is 1. The molecule has 2 aliphatic rings. The van der Waals surface area contributed by atoms with Crippen molar-refractivity contribution in [3.8, 4) is 11.8 Å². The Morgan fingerprint density at radius 2 is 1.86 bits per heavy atom. The first-order valence-electron chi connectivity index (χ1n) is 10.4. The molecule has 0 saturated carbocycles. The maximum absolute atomic E-state index is 12.8. The first-order valence-corrected chi connectivity index (χ1v) is 10.4. The molecule has 0 spiro atoms. The Kier molecular flexibility index (Phi) is 7.48. The number of carbonyl (C=O) groups excluding carboxylic acids is 1. The molecule has 3 atom stereocenters. The van der Waals surface area contributed by atoms with Crippen molar-refractivity contribution in [1.29, 1.82) is 5.26 Å². The summed E-state index contributed by atoms with van der Waals surface area (Å²) in [6.07, 6.45) is 1.23. The van der Waals surface area contributed by atoms with Gasteiger partial charge in [0.05, 0.1) is 23.8 Å². The van der Waals surface area contributed by atoms with Crippen molar-refractivity contribution in [2.75, 3.05) is 39.3 Å². The van der Waals surface area contributed by atoms with Crippen LogP contribution in [-0.4, -0.2) is 78.5 Å². The molecule has 158 valence electrons. The maximum Gasteiger partial charge on any atom is 0.225 e. The largest absolute Gasteiger partial charge is 0.491 e. The topological polar surface area (TPSA) is 86.0 Å². The van der Waals surface area contributed by atoms with Gasteiger partial charge < -0.3 is 24.4 Å². The minimum Gasteiger partial charge on any atom is -0.491 e. The average molecular weight is 402 g/mol. The van der Waals surface area contributed by atoms with Crippen LogP contribution in [0, 0.1) is 17.2 Å². The summed E-state index contributed by atoms with van der Waals surface area (Å²) in [6.45, 7) is 7.72. The van der Waals surface area contributed by atoms with E-state index in [1.807, 2.05) is 18.7 Å². The molecule has 3 rings (SSSR count). The van der Waals surface area contributed by atoms with Crippen LogP contribution in [0.1, 0.15) is 32.3 Å². The number of piperidine rings is 1.